The number of nitrogens with zero attached hydrogens (tertiary/aromatic N) is 2. The summed E-state index contributed by atoms with van der Waals surface area (Å²) in [6, 6.07) is 1.67. The predicted molar refractivity (Wildman–Crippen MR) is 38.9 cm³/mol. The minimum atomic E-state index is -0.726. The molecule has 2 nitrogen and oxygen atoms in total. The van der Waals surface area contributed by atoms with Gasteiger partial charge in [-0.3, -0.25) is 0 Å². The summed E-state index contributed by atoms with van der Waals surface area (Å²) >= 11 is 10.8. The summed E-state index contributed by atoms with van der Waals surface area (Å²) < 4.78 is 12.5. The zero-order valence-corrected chi connectivity index (χ0v) is 6.62. The molecule has 0 aliphatic carbocycles. The average molecular weight is 191 g/mol. The Bertz CT molecular complexity index is 332. The first-order valence-electron chi connectivity index (χ1n) is 2.56. The highest BCUT2D eigenvalue weighted by Crippen LogP contribution is 2.25. The molecule has 11 heavy (non-hydrogen) atoms. The van der Waals surface area contributed by atoms with Crippen molar-refractivity contribution in [3.05, 3.63) is 27.8 Å². The van der Waals surface area contributed by atoms with Crippen LogP contribution >= 0.6 is 23.2 Å². The largest absolute Gasteiger partial charge is 0.241 e. The number of pyridine rings is 1. The highest BCUT2D eigenvalue weighted by molar-refractivity contribution is 6.42. The molecular formula is C6HCl2FN2. The molecule has 0 aliphatic heterocycles. The van der Waals surface area contributed by atoms with Crippen molar-refractivity contribution in [2.24, 2.45) is 0 Å². The number of hydrogen-bond donors (Lipinski definition) is 0. The lowest BCUT2D eigenvalue weighted by Crippen LogP contribution is -1.87. The minimum Gasteiger partial charge on any atom is -0.241 e. The van der Waals surface area contributed by atoms with E-state index in [9.17, 15) is 4.39 Å². The number of aromatic nitrogens is 1. The number of halogens is 3. The summed E-state index contributed by atoms with van der Waals surface area (Å²) in [6.45, 7) is 0. The van der Waals surface area contributed by atoms with Crippen molar-refractivity contribution in [1.82, 2.24) is 4.98 Å². The predicted octanol–water partition coefficient (Wildman–Crippen LogP) is 2.40. The van der Waals surface area contributed by atoms with E-state index in [2.05, 4.69) is 4.98 Å². The Morgan fingerprint density at radius 2 is 2.09 bits per heavy atom. The van der Waals surface area contributed by atoms with Crippen LogP contribution in [-0.2, 0) is 0 Å². The molecule has 0 N–H and O–H groups in total. The average Bonchev–Trinajstić information content (AvgIpc) is 2.01. The Morgan fingerprint density at radius 1 is 1.45 bits per heavy atom. The standard InChI is InChI=1S/C6HCl2FN2/c7-5-3(9)2-11-4(1-10)6(5)8/h2H. The van der Waals surface area contributed by atoms with E-state index in [-0.39, 0.29) is 15.7 Å². The SMILES string of the molecule is N#Cc1ncc(F)c(Cl)c1Cl. The van der Waals surface area contributed by atoms with E-state index in [0.29, 0.717) is 0 Å². The van der Waals surface area contributed by atoms with Crippen molar-refractivity contribution in [1.29, 1.82) is 5.26 Å². The van der Waals surface area contributed by atoms with E-state index in [1.807, 2.05) is 0 Å². The molecule has 0 saturated heterocycles. The first-order chi connectivity index (χ1) is 5.16. The molecule has 0 fully saturated rings. The molecule has 1 heterocycles. The van der Waals surface area contributed by atoms with Crippen molar-refractivity contribution in [3.63, 3.8) is 0 Å². The first kappa shape index (κ1) is 8.25. The van der Waals surface area contributed by atoms with Gasteiger partial charge in [-0.1, -0.05) is 23.2 Å². The number of hydrogen-bond acceptors (Lipinski definition) is 2. The van der Waals surface area contributed by atoms with Gasteiger partial charge in [-0.15, -0.1) is 0 Å². The third kappa shape index (κ3) is 1.42. The zero-order valence-electron chi connectivity index (χ0n) is 5.11. The van der Waals surface area contributed by atoms with Crippen LogP contribution in [-0.4, -0.2) is 4.98 Å². The molecule has 1 aromatic rings. The normalized spacial score (nSPS) is 9.27. The van der Waals surface area contributed by atoms with Crippen LogP contribution in [0.1, 0.15) is 5.69 Å². The van der Waals surface area contributed by atoms with Gasteiger partial charge in [-0.2, -0.15) is 5.26 Å². The second-order valence-corrected chi connectivity index (χ2v) is 2.45. The molecule has 0 saturated carbocycles. The van der Waals surface area contributed by atoms with Crippen LogP contribution in [0.25, 0.3) is 0 Å². The molecule has 1 rings (SSSR count). The van der Waals surface area contributed by atoms with E-state index in [4.69, 9.17) is 28.5 Å². The van der Waals surface area contributed by atoms with E-state index in [0.717, 1.165) is 6.20 Å². The molecule has 0 spiro atoms. The van der Waals surface area contributed by atoms with Gasteiger partial charge >= 0.3 is 0 Å². The van der Waals surface area contributed by atoms with Gasteiger partial charge in [-0.25, -0.2) is 9.37 Å². The van der Waals surface area contributed by atoms with Gasteiger partial charge in [0.15, 0.2) is 11.5 Å². The summed E-state index contributed by atoms with van der Waals surface area (Å²) in [6.07, 6.45) is 0.854. The van der Waals surface area contributed by atoms with Gasteiger partial charge in [0, 0.05) is 0 Å². The summed E-state index contributed by atoms with van der Waals surface area (Å²) in [4.78, 5) is 3.40. The fourth-order valence-electron chi connectivity index (χ4n) is 0.521. The zero-order chi connectivity index (χ0) is 8.43. The smallest absolute Gasteiger partial charge is 0.161 e. The molecule has 56 valence electrons. The Labute approximate surface area is 72.2 Å². The summed E-state index contributed by atoms with van der Waals surface area (Å²) in [5, 5.41) is 7.95. The Hall–Kier alpha value is -0.850. The van der Waals surface area contributed by atoms with Crippen LogP contribution in [0.4, 0.5) is 4.39 Å². The molecule has 0 bridgehead atoms. The van der Waals surface area contributed by atoms with Crippen LogP contribution in [0.2, 0.25) is 10.0 Å². The molecule has 0 radical (unpaired) electrons. The molecule has 5 heteroatoms. The van der Waals surface area contributed by atoms with Crippen LogP contribution in [0.3, 0.4) is 0 Å². The highest BCUT2D eigenvalue weighted by Gasteiger charge is 2.09. The second-order valence-electron chi connectivity index (χ2n) is 1.69. The number of rotatable bonds is 0. The van der Waals surface area contributed by atoms with E-state index in [1.54, 1.807) is 6.07 Å². The minimum absolute atomic E-state index is 0.0712. The summed E-state index contributed by atoms with van der Waals surface area (Å²) in [5.41, 5.74) is -0.0712. The maximum atomic E-state index is 12.5. The molecule has 0 amide bonds. The van der Waals surface area contributed by atoms with Gasteiger partial charge in [0.2, 0.25) is 0 Å². The molecule has 0 aromatic carbocycles. The topological polar surface area (TPSA) is 36.7 Å². The van der Waals surface area contributed by atoms with Crippen molar-refractivity contribution in [2.75, 3.05) is 0 Å². The van der Waals surface area contributed by atoms with E-state index in [1.165, 1.54) is 0 Å². The van der Waals surface area contributed by atoms with Gasteiger partial charge in [-0.05, 0) is 0 Å². The fraction of sp³-hybridized carbons (Fsp3) is 0. The van der Waals surface area contributed by atoms with E-state index >= 15 is 0 Å². The molecule has 0 atom stereocenters. The summed E-state index contributed by atoms with van der Waals surface area (Å²) in [5.74, 6) is -0.726. The first-order valence-corrected chi connectivity index (χ1v) is 3.32. The van der Waals surface area contributed by atoms with Crippen LogP contribution in [0.5, 0.6) is 0 Å². The maximum Gasteiger partial charge on any atom is 0.161 e. The lowest BCUT2D eigenvalue weighted by molar-refractivity contribution is 0.621. The van der Waals surface area contributed by atoms with Crippen LogP contribution < -0.4 is 0 Å². The lowest BCUT2D eigenvalue weighted by atomic mass is 10.4. The van der Waals surface area contributed by atoms with Crippen molar-refractivity contribution < 1.29 is 4.39 Å². The maximum absolute atomic E-state index is 12.5. The van der Waals surface area contributed by atoms with Crippen LogP contribution in [0, 0.1) is 17.1 Å². The van der Waals surface area contributed by atoms with Gasteiger partial charge in [0.05, 0.1) is 16.2 Å². The Balaban J connectivity index is 3.40. The van der Waals surface area contributed by atoms with Crippen molar-refractivity contribution in [3.8, 4) is 6.07 Å². The van der Waals surface area contributed by atoms with E-state index < -0.39 is 5.82 Å². The third-order valence-corrected chi connectivity index (χ3v) is 1.86. The Kier molecular flexibility index (Phi) is 2.28. The summed E-state index contributed by atoms with van der Waals surface area (Å²) in [7, 11) is 0. The van der Waals surface area contributed by atoms with Gasteiger partial charge in [0.25, 0.3) is 0 Å². The molecule has 0 unspecified atom stereocenters. The molecular weight excluding hydrogens is 190 g/mol. The van der Waals surface area contributed by atoms with Crippen molar-refractivity contribution >= 4 is 23.2 Å². The Morgan fingerprint density at radius 3 is 2.64 bits per heavy atom. The number of nitriles is 1. The van der Waals surface area contributed by atoms with Gasteiger partial charge < -0.3 is 0 Å². The quantitative estimate of drug-likeness (QED) is 0.631. The van der Waals surface area contributed by atoms with Gasteiger partial charge in [0.1, 0.15) is 6.07 Å². The second kappa shape index (κ2) is 3.04. The third-order valence-electron chi connectivity index (χ3n) is 1.02. The fourth-order valence-corrected chi connectivity index (χ4v) is 0.841. The van der Waals surface area contributed by atoms with Crippen molar-refractivity contribution in [2.45, 2.75) is 0 Å². The molecule has 1 aromatic heterocycles. The lowest BCUT2D eigenvalue weighted by Gasteiger charge is -1.96. The monoisotopic (exact) mass is 190 g/mol. The van der Waals surface area contributed by atoms with Crippen LogP contribution in [0.15, 0.2) is 6.20 Å². The highest BCUT2D eigenvalue weighted by atomic mass is 35.5. The molecule has 0 aliphatic rings.